The lowest BCUT2D eigenvalue weighted by molar-refractivity contribution is -0.117. The highest BCUT2D eigenvalue weighted by molar-refractivity contribution is 5.96. The molecule has 0 aliphatic rings. The fraction of sp³-hybridized carbons (Fsp3) is 0.200. The fourth-order valence-electron chi connectivity index (χ4n) is 1.76. The fourth-order valence-corrected chi connectivity index (χ4v) is 1.76. The summed E-state index contributed by atoms with van der Waals surface area (Å²) in [6.45, 7) is 2.33. The van der Waals surface area contributed by atoms with Crippen molar-refractivity contribution in [1.82, 2.24) is 4.98 Å². The molecule has 5 nitrogen and oxygen atoms in total. The maximum Gasteiger partial charge on any atom is 0.246 e. The van der Waals surface area contributed by atoms with Crippen molar-refractivity contribution < 1.29 is 9.53 Å². The SMILES string of the molecule is CCOc1ncccc1NC(=O)[C@@H](N)c1ccccc1. The normalized spacial score (nSPS) is 11.7. The predicted molar refractivity (Wildman–Crippen MR) is 77.4 cm³/mol. The Kier molecular flexibility index (Phi) is 4.68. The minimum atomic E-state index is -0.731. The minimum absolute atomic E-state index is 0.301. The molecule has 0 aliphatic heterocycles. The van der Waals surface area contributed by atoms with Gasteiger partial charge in [0.2, 0.25) is 11.8 Å². The van der Waals surface area contributed by atoms with Gasteiger partial charge in [-0.15, -0.1) is 0 Å². The lowest BCUT2D eigenvalue weighted by Crippen LogP contribution is -2.28. The van der Waals surface area contributed by atoms with Crippen LogP contribution in [-0.2, 0) is 4.79 Å². The van der Waals surface area contributed by atoms with E-state index in [1.165, 1.54) is 0 Å². The highest BCUT2D eigenvalue weighted by Crippen LogP contribution is 2.22. The molecule has 104 valence electrons. The first-order valence-electron chi connectivity index (χ1n) is 6.41. The summed E-state index contributed by atoms with van der Waals surface area (Å²) in [5, 5.41) is 2.74. The molecule has 0 spiro atoms. The maximum atomic E-state index is 12.1. The lowest BCUT2D eigenvalue weighted by atomic mass is 10.1. The highest BCUT2D eigenvalue weighted by Gasteiger charge is 2.17. The van der Waals surface area contributed by atoms with E-state index in [9.17, 15) is 4.79 Å². The van der Waals surface area contributed by atoms with Crippen LogP contribution in [0.5, 0.6) is 5.88 Å². The molecule has 2 rings (SSSR count). The van der Waals surface area contributed by atoms with Crippen LogP contribution in [0, 0.1) is 0 Å². The zero-order chi connectivity index (χ0) is 14.4. The standard InChI is InChI=1S/C15H17N3O2/c1-2-20-15-12(9-6-10-17-15)18-14(19)13(16)11-7-4-3-5-8-11/h3-10,13H,2,16H2,1H3,(H,18,19)/t13-/m0/s1. The molecule has 5 heteroatoms. The quantitative estimate of drug-likeness (QED) is 0.873. The third-order valence-electron chi connectivity index (χ3n) is 2.75. The van der Waals surface area contributed by atoms with Crippen LogP contribution in [0.25, 0.3) is 0 Å². The second-order valence-corrected chi connectivity index (χ2v) is 4.17. The van der Waals surface area contributed by atoms with E-state index in [0.717, 1.165) is 5.56 Å². The minimum Gasteiger partial charge on any atom is -0.476 e. The van der Waals surface area contributed by atoms with Crippen LogP contribution in [0.2, 0.25) is 0 Å². The Hall–Kier alpha value is -2.40. The highest BCUT2D eigenvalue weighted by atomic mass is 16.5. The summed E-state index contributed by atoms with van der Waals surface area (Å²) >= 11 is 0. The molecule has 1 atom stereocenters. The van der Waals surface area contributed by atoms with E-state index in [1.54, 1.807) is 18.3 Å². The number of ether oxygens (including phenoxy) is 1. The Morgan fingerprint density at radius 3 is 2.75 bits per heavy atom. The summed E-state index contributed by atoms with van der Waals surface area (Å²) in [4.78, 5) is 16.2. The van der Waals surface area contributed by atoms with Gasteiger partial charge in [0.15, 0.2) is 0 Å². The molecule has 0 unspecified atom stereocenters. The Bertz CT molecular complexity index is 572. The second kappa shape index (κ2) is 6.68. The molecule has 20 heavy (non-hydrogen) atoms. The van der Waals surface area contributed by atoms with Gasteiger partial charge >= 0.3 is 0 Å². The number of carbonyl (C=O) groups excluding carboxylic acids is 1. The van der Waals surface area contributed by atoms with Crippen LogP contribution in [0.1, 0.15) is 18.5 Å². The van der Waals surface area contributed by atoms with E-state index >= 15 is 0 Å². The van der Waals surface area contributed by atoms with Crippen molar-refractivity contribution in [3.63, 3.8) is 0 Å². The Balaban J connectivity index is 2.12. The molecule has 0 fully saturated rings. The van der Waals surface area contributed by atoms with Gasteiger partial charge in [-0.05, 0) is 24.6 Å². The van der Waals surface area contributed by atoms with Crippen LogP contribution in [-0.4, -0.2) is 17.5 Å². The van der Waals surface area contributed by atoms with Crippen molar-refractivity contribution in [2.75, 3.05) is 11.9 Å². The van der Waals surface area contributed by atoms with E-state index in [0.29, 0.717) is 18.2 Å². The molecule has 0 aliphatic carbocycles. The van der Waals surface area contributed by atoms with Crippen molar-refractivity contribution in [2.45, 2.75) is 13.0 Å². The van der Waals surface area contributed by atoms with E-state index in [-0.39, 0.29) is 5.91 Å². The largest absolute Gasteiger partial charge is 0.476 e. The van der Waals surface area contributed by atoms with Gasteiger partial charge in [-0.25, -0.2) is 4.98 Å². The molecule has 1 amide bonds. The Morgan fingerprint density at radius 1 is 1.30 bits per heavy atom. The number of nitrogens with two attached hydrogens (primary N) is 1. The number of rotatable bonds is 5. The second-order valence-electron chi connectivity index (χ2n) is 4.17. The predicted octanol–water partition coefficient (Wildman–Crippen LogP) is 2.12. The average Bonchev–Trinajstić information content (AvgIpc) is 2.49. The summed E-state index contributed by atoms with van der Waals surface area (Å²) < 4.78 is 5.36. The van der Waals surface area contributed by atoms with Gasteiger partial charge in [0.05, 0.1) is 6.61 Å². The first kappa shape index (κ1) is 14.0. The number of hydrogen-bond acceptors (Lipinski definition) is 4. The molecule has 1 heterocycles. The molecular weight excluding hydrogens is 254 g/mol. The number of hydrogen-bond donors (Lipinski definition) is 2. The van der Waals surface area contributed by atoms with Crippen molar-refractivity contribution in [1.29, 1.82) is 0 Å². The number of benzene rings is 1. The summed E-state index contributed by atoms with van der Waals surface area (Å²) in [6, 6.07) is 11.9. The number of nitrogens with one attached hydrogen (secondary N) is 1. The summed E-state index contributed by atoms with van der Waals surface area (Å²) in [5.74, 6) is 0.0914. The molecule has 1 aromatic carbocycles. The van der Waals surface area contributed by atoms with E-state index in [1.807, 2.05) is 37.3 Å². The molecule has 0 radical (unpaired) electrons. The Labute approximate surface area is 117 Å². The van der Waals surface area contributed by atoms with Crippen LogP contribution < -0.4 is 15.8 Å². The monoisotopic (exact) mass is 271 g/mol. The third kappa shape index (κ3) is 3.33. The number of aromatic nitrogens is 1. The van der Waals surface area contributed by atoms with Crippen molar-refractivity contribution in [3.05, 3.63) is 54.2 Å². The van der Waals surface area contributed by atoms with Gasteiger partial charge in [-0.3, -0.25) is 4.79 Å². The maximum absolute atomic E-state index is 12.1. The molecule has 0 bridgehead atoms. The molecule has 2 aromatic rings. The molecule has 0 saturated carbocycles. The summed E-state index contributed by atoms with van der Waals surface area (Å²) in [7, 11) is 0. The molecule has 0 saturated heterocycles. The number of anilines is 1. The topological polar surface area (TPSA) is 77.2 Å². The number of amides is 1. The lowest BCUT2D eigenvalue weighted by Gasteiger charge is -2.14. The van der Waals surface area contributed by atoms with Crippen LogP contribution in [0.15, 0.2) is 48.7 Å². The van der Waals surface area contributed by atoms with Crippen LogP contribution in [0.4, 0.5) is 5.69 Å². The zero-order valence-corrected chi connectivity index (χ0v) is 11.2. The Morgan fingerprint density at radius 2 is 2.05 bits per heavy atom. The van der Waals surface area contributed by atoms with Gasteiger partial charge in [-0.1, -0.05) is 30.3 Å². The van der Waals surface area contributed by atoms with Crippen LogP contribution in [0.3, 0.4) is 0 Å². The molecular formula is C15H17N3O2. The third-order valence-corrected chi connectivity index (χ3v) is 2.75. The number of pyridine rings is 1. The van der Waals surface area contributed by atoms with E-state index in [2.05, 4.69) is 10.3 Å². The zero-order valence-electron chi connectivity index (χ0n) is 11.2. The molecule has 1 aromatic heterocycles. The smallest absolute Gasteiger partial charge is 0.246 e. The van der Waals surface area contributed by atoms with Crippen molar-refractivity contribution >= 4 is 11.6 Å². The van der Waals surface area contributed by atoms with E-state index in [4.69, 9.17) is 10.5 Å². The number of nitrogens with zero attached hydrogens (tertiary/aromatic N) is 1. The van der Waals surface area contributed by atoms with Gasteiger partial charge in [0.1, 0.15) is 11.7 Å². The summed E-state index contributed by atoms with van der Waals surface area (Å²) in [5.41, 5.74) is 7.21. The average molecular weight is 271 g/mol. The molecule has 3 N–H and O–H groups in total. The summed E-state index contributed by atoms with van der Waals surface area (Å²) in [6.07, 6.45) is 1.61. The number of carbonyl (C=O) groups is 1. The van der Waals surface area contributed by atoms with Gasteiger partial charge in [0, 0.05) is 6.20 Å². The first-order valence-corrected chi connectivity index (χ1v) is 6.41. The van der Waals surface area contributed by atoms with Crippen molar-refractivity contribution in [2.24, 2.45) is 5.73 Å². The van der Waals surface area contributed by atoms with Crippen LogP contribution >= 0.6 is 0 Å². The van der Waals surface area contributed by atoms with Gasteiger partial charge in [-0.2, -0.15) is 0 Å². The van der Waals surface area contributed by atoms with Gasteiger partial charge in [0.25, 0.3) is 0 Å². The van der Waals surface area contributed by atoms with E-state index < -0.39 is 6.04 Å². The van der Waals surface area contributed by atoms with Crippen molar-refractivity contribution in [3.8, 4) is 5.88 Å². The first-order chi connectivity index (χ1) is 9.72. The van der Waals surface area contributed by atoms with Gasteiger partial charge < -0.3 is 15.8 Å².